The number of thioether (sulfide) groups is 1. The lowest BCUT2D eigenvalue weighted by atomic mass is 10.2. The van der Waals surface area contributed by atoms with Gasteiger partial charge in [-0.3, -0.25) is 4.57 Å². The Hall–Kier alpha value is -2.03. The van der Waals surface area contributed by atoms with Crippen molar-refractivity contribution in [3.05, 3.63) is 65.2 Å². The highest BCUT2D eigenvalue weighted by Crippen LogP contribution is 2.27. The van der Waals surface area contributed by atoms with Gasteiger partial charge in [0.25, 0.3) is 10.0 Å². The monoisotopic (exact) mass is 408 g/mol. The van der Waals surface area contributed by atoms with Crippen molar-refractivity contribution in [3.63, 3.8) is 0 Å². The predicted molar refractivity (Wildman–Crippen MR) is 104 cm³/mol. The minimum absolute atomic E-state index is 0.177. The van der Waals surface area contributed by atoms with Gasteiger partial charge in [-0.25, -0.2) is 13.1 Å². The molecular formula is C17H17ClN4O2S2. The molecule has 136 valence electrons. The zero-order chi connectivity index (χ0) is 18.6. The van der Waals surface area contributed by atoms with Crippen molar-refractivity contribution in [2.45, 2.75) is 29.3 Å². The molecule has 1 heterocycles. The maximum Gasteiger partial charge on any atom is 0.264 e. The molecule has 2 aromatic carbocycles. The summed E-state index contributed by atoms with van der Waals surface area (Å²) in [5.41, 5.74) is 0.983. The third-order valence-corrected chi connectivity index (χ3v) is 6.36. The Morgan fingerprint density at radius 1 is 1.08 bits per heavy atom. The predicted octanol–water partition coefficient (Wildman–Crippen LogP) is 4.04. The molecule has 0 radical (unpaired) electrons. The van der Waals surface area contributed by atoms with Gasteiger partial charge in [-0.05, 0) is 30.7 Å². The highest BCUT2D eigenvalue weighted by atomic mass is 35.5. The summed E-state index contributed by atoms with van der Waals surface area (Å²) in [6, 6.07) is 15.7. The molecule has 0 aliphatic carbocycles. The molecule has 3 rings (SSSR count). The van der Waals surface area contributed by atoms with Crippen LogP contribution in [0.15, 0.2) is 64.6 Å². The molecule has 1 N–H and O–H groups in total. The molecule has 26 heavy (non-hydrogen) atoms. The number of rotatable bonds is 7. The highest BCUT2D eigenvalue weighted by molar-refractivity contribution is 7.98. The Bertz CT molecular complexity index is 991. The SMILES string of the molecule is CCn1c(NS(=O)(=O)c2ccccc2)nnc1SCc1ccccc1Cl. The van der Waals surface area contributed by atoms with Crippen LogP contribution in [-0.2, 0) is 22.3 Å². The summed E-state index contributed by atoms with van der Waals surface area (Å²) in [4.78, 5) is 0.177. The topological polar surface area (TPSA) is 76.9 Å². The quantitative estimate of drug-likeness (QED) is 0.597. The van der Waals surface area contributed by atoms with Crippen LogP contribution < -0.4 is 4.72 Å². The van der Waals surface area contributed by atoms with Gasteiger partial charge in [0, 0.05) is 17.3 Å². The molecule has 0 fully saturated rings. The molecule has 3 aromatic rings. The number of sulfonamides is 1. The molecule has 0 saturated heterocycles. The molecule has 0 saturated carbocycles. The smallest absolute Gasteiger partial charge is 0.264 e. The van der Waals surface area contributed by atoms with E-state index in [0.29, 0.717) is 22.5 Å². The van der Waals surface area contributed by atoms with E-state index in [-0.39, 0.29) is 10.8 Å². The number of hydrogen-bond acceptors (Lipinski definition) is 5. The van der Waals surface area contributed by atoms with Gasteiger partial charge in [0.05, 0.1) is 4.90 Å². The van der Waals surface area contributed by atoms with E-state index in [1.165, 1.54) is 23.9 Å². The first-order valence-corrected chi connectivity index (χ1v) is 10.7. The maximum atomic E-state index is 12.5. The van der Waals surface area contributed by atoms with Crippen molar-refractivity contribution in [2.75, 3.05) is 4.72 Å². The summed E-state index contributed by atoms with van der Waals surface area (Å²) in [7, 11) is -3.71. The standard InChI is InChI=1S/C17H17ClN4O2S2/c1-2-22-16(21-26(23,24)14-9-4-3-5-10-14)19-20-17(22)25-12-13-8-6-7-11-15(13)18/h3-11H,2,12H2,1H3,(H,19,21). The molecule has 0 amide bonds. The number of nitrogens with zero attached hydrogens (tertiary/aromatic N) is 3. The van der Waals surface area contributed by atoms with E-state index >= 15 is 0 Å². The number of aromatic nitrogens is 3. The third kappa shape index (κ3) is 4.20. The van der Waals surface area contributed by atoms with Crippen LogP contribution >= 0.6 is 23.4 Å². The molecule has 6 nitrogen and oxygen atoms in total. The molecule has 0 spiro atoms. The van der Waals surface area contributed by atoms with Gasteiger partial charge in [-0.2, -0.15) is 0 Å². The lowest BCUT2D eigenvalue weighted by Crippen LogP contribution is -2.16. The summed E-state index contributed by atoms with van der Waals surface area (Å²) in [5, 5.41) is 9.43. The van der Waals surface area contributed by atoms with Crippen molar-refractivity contribution in [3.8, 4) is 0 Å². The number of halogens is 1. The van der Waals surface area contributed by atoms with E-state index in [0.717, 1.165) is 5.56 Å². The van der Waals surface area contributed by atoms with E-state index in [4.69, 9.17) is 11.6 Å². The Kier molecular flexibility index (Phi) is 5.85. The molecule has 1 aromatic heterocycles. The fraction of sp³-hybridized carbons (Fsp3) is 0.176. The van der Waals surface area contributed by atoms with Crippen molar-refractivity contribution in [1.29, 1.82) is 0 Å². The fourth-order valence-electron chi connectivity index (χ4n) is 2.29. The van der Waals surface area contributed by atoms with Crippen LogP contribution in [0.3, 0.4) is 0 Å². The van der Waals surface area contributed by atoms with Crippen molar-refractivity contribution < 1.29 is 8.42 Å². The Balaban J connectivity index is 1.79. The maximum absolute atomic E-state index is 12.5. The first-order chi connectivity index (χ1) is 12.5. The van der Waals surface area contributed by atoms with Crippen LogP contribution in [0.25, 0.3) is 0 Å². The normalized spacial score (nSPS) is 11.5. The number of benzene rings is 2. The van der Waals surface area contributed by atoms with Gasteiger partial charge in [-0.1, -0.05) is 59.8 Å². The number of hydrogen-bond donors (Lipinski definition) is 1. The molecule has 0 unspecified atom stereocenters. The summed E-state index contributed by atoms with van der Waals surface area (Å²) in [5.74, 6) is 0.807. The minimum Gasteiger partial charge on any atom is -0.288 e. The van der Waals surface area contributed by atoms with E-state index in [1.807, 2.05) is 31.2 Å². The van der Waals surface area contributed by atoms with Gasteiger partial charge in [0.2, 0.25) is 5.95 Å². The average Bonchev–Trinajstić information content (AvgIpc) is 3.02. The zero-order valence-corrected chi connectivity index (χ0v) is 16.4. The second-order valence-corrected chi connectivity index (χ2v) is 8.38. The van der Waals surface area contributed by atoms with Gasteiger partial charge < -0.3 is 0 Å². The lowest BCUT2D eigenvalue weighted by molar-refractivity contribution is 0.599. The van der Waals surface area contributed by atoms with Crippen molar-refractivity contribution in [2.24, 2.45) is 0 Å². The molecule has 0 aliphatic rings. The van der Waals surface area contributed by atoms with Crippen LogP contribution in [-0.4, -0.2) is 23.2 Å². The summed E-state index contributed by atoms with van der Waals surface area (Å²) in [6.07, 6.45) is 0. The van der Waals surface area contributed by atoms with Crippen LogP contribution in [0.2, 0.25) is 5.02 Å². The second-order valence-electron chi connectivity index (χ2n) is 5.35. The molecular weight excluding hydrogens is 392 g/mol. The van der Waals surface area contributed by atoms with Crippen molar-refractivity contribution >= 4 is 39.3 Å². The van der Waals surface area contributed by atoms with Crippen LogP contribution in [0, 0.1) is 0 Å². The van der Waals surface area contributed by atoms with Gasteiger partial charge in [0.15, 0.2) is 5.16 Å². The van der Waals surface area contributed by atoms with Gasteiger partial charge >= 0.3 is 0 Å². The minimum atomic E-state index is -3.71. The first-order valence-electron chi connectivity index (χ1n) is 7.88. The summed E-state index contributed by atoms with van der Waals surface area (Å²) >= 11 is 7.63. The van der Waals surface area contributed by atoms with Crippen molar-refractivity contribution in [1.82, 2.24) is 14.8 Å². The lowest BCUT2D eigenvalue weighted by Gasteiger charge is -2.10. The molecule has 9 heteroatoms. The Labute approximate surface area is 161 Å². The highest BCUT2D eigenvalue weighted by Gasteiger charge is 2.19. The first kappa shape index (κ1) is 18.8. The molecule has 0 aliphatic heterocycles. The van der Waals surface area contributed by atoms with E-state index in [1.54, 1.807) is 22.8 Å². The summed E-state index contributed by atoms with van der Waals surface area (Å²) in [6.45, 7) is 2.44. The van der Waals surface area contributed by atoms with Crippen LogP contribution in [0.5, 0.6) is 0 Å². The van der Waals surface area contributed by atoms with E-state index < -0.39 is 10.0 Å². The van der Waals surface area contributed by atoms with Gasteiger partial charge in [-0.15, -0.1) is 10.2 Å². The fourth-order valence-corrected chi connectivity index (χ4v) is 4.61. The Morgan fingerprint density at radius 3 is 2.46 bits per heavy atom. The number of nitrogens with one attached hydrogen (secondary N) is 1. The largest absolute Gasteiger partial charge is 0.288 e. The zero-order valence-electron chi connectivity index (χ0n) is 14.0. The average molecular weight is 409 g/mol. The van der Waals surface area contributed by atoms with E-state index in [2.05, 4.69) is 14.9 Å². The molecule has 0 atom stereocenters. The van der Waals surface area contributed by atoms with Gasteiger partial charge in [0.1, 0.15) is 0 Å². The number of anilines is 1. The Morgan fingerprint density at radius 2 is 1.77 bits per heavy atom. The summed E-state index contributed by atoms with van der Waals surface area (Å²) < 4.78 is 29.2. The van der Waals surface area contributed by atoms with E-state index in [9.17, 15) is 8.42 Å². The van der Waals surface area contributed by atoms with Crippen LogP contribution in [0.4, 0.5) is 5.95 Å². The van der Waals surface area contributed by atoms with Crippen LogP contribution in [0.1, 0.15) is 12.5 Å². The molecule has 0 bridgehead atoms. The third-order valence-electron chi connectivity index (χ3n) is 3.63. The second kappa shape index (κ2) is 8.11.